The topological polar surface area (TPSA) is 172 Å². The molecular weight excluding hydrogens is 775 g/mol. The summed E-state index contributed by atoms with van der Waals surface area (Å²) < 4.78 is 6.10. The van der Waals surface area contributed by atoms with Gasteiger partial charge in [0.15, 0.2) is 5.76 Å². The fourth-order valence-electron chi connectivity index (χ4n) is 8.29. The number of aliphatic hydroxyl groups is 2. The van der Waals surface area contributed by atoms with Gasteiger partial charge in [0.2, 0.25) is 29.5 Å². The first-order valence-corrected chi connectivity index (χ1v) is 20.6. The number of amides is 4. The van der Waals surface area contributed by atoms with Crippen LogP contribution in [0.2, 0.25) is 0 Å². The van der Waals surface area contributed by atoms with E-state index in [1.165, 1.54) is 0 Å². The zero-order chi connectivity index (χ0) is 43.2. The molecule has 2 aliphatic rings. The van der Waals surface area contributed by atoms with Gasteiger partial charge in [0.25, 0.3) is 0 Å². The Hall–Kier alpha value is -6.19. The van der Waals surface area contributed by atoms with E-state index in [-0.39, 0.29) is 23.6 Å². The van der Waals surface area contributed by atoms with E-state index in [0.717, 1.165) is 5.56 Å². The van der Waals surface area contributed by atoms with Crippen molar-refractivity contribution in [3.8, 4) is 22.8 Å². The van der Waals surface area contributed by atoms with Crippen LogP contribution in [0.5, 0.6) is 0 Å². The van der Waals surface area contributed by atoms with Crippen molar-refractivity contribution in [2.45, 2.75) is 62.1 Å². The van der Waals surface area contributed by atoms with Crippen LogP contribution in [0.1, 0.15) is 49.0 Å². The van der Waals surface area contributed by atoms with E-state index in [9.17, 15) is 29.4 Å². The van der Waals surface area contributed by atoms with Gasteiger partial charge in [0.05, 0.1) is 6.20 Å². The molecule has 61 heavy (non-hydrogen) atoms. The number of hydrogen-bond donors (Lipinski definition) is 4. The van der Waals surface area contributed by atoms with Crippen LogP contribution in [-0.4, -0.2) is 124 Å². The van der Waals surface area contributed by atoms with E-state index in [1.54, 1.807) is 115 Å². The first-order chi connectivity index (χ1) is 29.4. The molecule has 7 rings (SSSR count). The molecule has 0 saturated carbocycles. The molecule has 14 nitrogen and oxygen atoms in total. The number of aliphatic hydroxyl groups excluding tert-OH is 2. The van der Waals surface area contributed by atoms with Crippen molar-refractivity contribution in [1.82, 2.24) is 24.6 Å². The standard InChI is InChI=1S/C47H53N7O7/c1-51(2)39(41(55)31-13-7-5-8-14-31)46(59)53-27-11-17-36(53)43(57)49-34-23-19-30(20-24-34)38-29-48-45(61-38)33-21-25-35(26-22-33)50-44(58)37-18-12-28-54(37)47(60)40(52(3)4)42(56)32-15-9-6-10-16-32/h5-10,13-16,19-26,29,36-37,39-42,55-56H,11-12,17-18,27-28H2,1-4H3,(H,49,57)(H,50,58)/t36?,37?,39-,40-,41+,42+/m0/s1. The number of rotatable bonds is 14. The number of hydrogen-bond acceptors (Lipinski definition) is 10. The number of oxazole rings is 1. The van der Waals surface area contributed by atoms with Crippen molar-refractivity contribution in [3.63, 3.8) is 0 Å². The van der Waals surface area contributed by atoms with Crippen LogP contribution in [0.25, 0.3) is 22.8 Å². The summed E-state index contributed by atoms with van der Waals surface area (Å²) in [5.41, 5.74) is 3.81. The number of nitrogens with one attached hydrogen (secondary N) is 2. The summed E-state index contributed by atoms with van der Waals surface area (Å²) in [5, 5.41) is 28.2. The third kappa shape index (κ3) is 9.58. The maximum absolute atomic E-state index is 13.8. The predicted molar refractivity (Wildman–Crippen MR) is 232 cm³/mol. The van der Waals surface area contributed by atoms with Crippen LogP contribution in [-0.2, 0) is 19.2 Å². The largest absolute Gasteiger partial charge is 0.436 e. The quantitative estimate of drug-likeness (QED) is 0.117. The lowest BCUT2D eigenvalue weighted by Crippen LogP contribution is -2.53. The number of anilines is 2. The highest BCUT2D eigenvalue weighted by atomic mass is 16.4. The Morgan fingerprint density at radius 2 is 1.03 bits per heavy atom. The van der Waals surface area contributed by atoms with Gasteiger partial charge in [-0.1, -0.05) is 60.7 Å². The molecular formula is C47H53N7O7. The maximum atomic E-state index is 13.8. The molecule has 0 radical (unpaired) electrons. The molecule has 318 valence electrons. The number of aromatic nitrogens is 1. The average Bonchev–Trinajstić information content (AvgIpc) is 4.07. The lowest BCUT2D eigenvalue weighted by Gasteiger charge is -2.34. The van der Waals surface area contributed by atoms with Gasteiger partial charge in [0, 0.05) is 35.6 Å². The first-order valence-electron chi connectivity index (χ1n) is 20.6. The zero-order valence-electron chi connectivity index (χ0n) is 34.8. The molecule has 2 unspecified atom stereocenters. The highest BCUT2D eigenvalue weighted by Gasteiger charge is 2.42. The molecule has 14 heteroatoms. The minimum Gasteiger partial charge on any atom is -0.436 e. The first kappa shape index (κ1) is 42.9. The molecule has 4 amide bonds. The highest BCUT2D eigenvalue weighted by molar-refractivity contribution is 5.99. The fourth-order valence-corrected chi connectivity index (χ4v) is 8.29. The monoisotopic (exact) mass is 827 g/mol. The van der Waals surface area contributed by atoms with Crippen molar-refractivity contribution in [1.29, 1.82) is 0 Å². The normalized spacial score (nSPS) is 18.5. The Balaban J connectivity index is 0.946. The second kappa shape index (κ2) is 19.0. The van der Waals surface area contributed by atoms with Gasteiger partial charge in [-0.05, 0) is 114 Å². The number of carbonyl (C=O) groups is 4. The minimum absolute atomic E-state index is 0.294. The van der Waals surface area contributed by atoms with E-state index >= 15 is 0 Å². The summed E-state index contributed by atoms with van der Waals surface area (Å²) in [6.07, 6.45) is 1.90. The van der Waals surface area contributed by atoms with Crippen molar-refractivity contribution >= 4 is 35.0 Å². The fraction of sp³-hybridized carbons (Fsp3) is 0.340. The van der Waals surface area contributed by atoms with E-state index in [2.05, 4.69) is 15.6 Å². The van der Waals surface area contributed by atoms with Crippen molar-refractivity contribution in [2.75, 3.05) is 51.9 Å². The molecule has 0 spiro atoms. The van der Waals surface area contributed by atoms with Gasteiger partial charge in [-0.2, -0.15) is 0 Å². The van der Waals surface area contributed by atoms with Crippen molar-refractivity contribution in [3.05, 3.63) is 127 Å². The Morgan fingerprint density at radius 1 is 0.623 bits per heavy atom. The van der Waals surface area contributed by atoms with Gasteiger partial charge in [-0.25, -0.2) is 4.98 Å². The smallest absolute Gasteiger partial charge is 0.247 e. The van der Waals surface area contributed by atoms with Gasteiger partial charge in [-0.3, -0.25) is 29.0 Å². The maximum Gasteiger partial charge on any atom is 0.247 e. The highest BCUT2D eigenvalue weighted by Crippen LogP contribution is 2.31. The molecule has 2 fully saturated rings. The summed E-state index contributed by atoms with van der Waals surface area (Å²) in [5.74, 6) is -0.290. The molecule has 3 heterocycles. The predicted octanol–water partition coefficient (Wildman–Crippen LogP) is 5.20. The summed E-state index contributed by atoms with van der Waals surface area (Å²) in [4.78, 5) is 65.6. The van der Waals surface area contributed by atoms with Crippen LogP contribution < -0.4 is 10.6 Å². The summed E-state index contributed by atoms with van der Waals surface area (Å²) in [6, 6.07) is 29.3. The number of likely N-dealkylation sites (N-methyl/N-ethyl adjacent to an activating group) is 2. The number of nitrogens with zero attached hydrogens (tertiary/aromatic N) is 5. The third-order valence-electron chi connectivity index (χ3n) is 11.5. The van der Waals surface area contributed by atoms with Crippen LogP contribution >= 0.6 is 0 Å². The van der Waals surface area contributed by atoms with Gasteiger partial charge < -0.3 is 35.1 Å². The average molecular weight is 828 g/mol. The van der Waals surface area contributed by atoms with Gasteiger partial charge in [0.1, 0.15) is 36.4 Å². The molecule has 4 N–H and O–H groups in total. The molecule has 1 aromatic heterocycles. The number of likely N-dealkylation sites (tertiary alicyclic amines) is 2. The minimum atomic E-state index is -1.05. The van der Waals surface area contributed by atoms with Crippen molar-refractivity contribution in [2.24, 2.45) is 0 Å². The molecule has 4 aromatic carbocycles. The second-order valence-electron chi connectivity index (χ2n) is 16.1. The van der Waals surface area contributed by atoms with Crippen LogP contribution in [0.3, 0.4) is 0 Å². The Kier molecular flexibility index (Phi) is 13.4. The molecule has 0 bridgehead atoms. The van der Waals surface area contributed by atoms with Crippen molar-refractivity contribution < 1.29 is 33.8 Å². The number of benzene rings is 4. The molecule has 2 saturated heterocycles. The van der Waals surface area contributed by atoms with Crippen LogP contribution in [0.15, 0.2) is 120 Å². The lowest BCUT2D eigenvalue weighted by molar-refractivity contribution is -0.144. The molecule has 5 aromatic rings. The Morgan fingerprint density at radius 3 is 1.44 bits per heavy atom. The SMILES string of the molecule is CN(C)[C@H](C(=O)N1CCCC1C(=O)Nc1ccc(-c2cnc(-c3ccc(NC(=O)C4CCCN4C(=O)[C@H]([C@H](O)c4ccccc4)N(C)C)cc3)o2)cc1)[C@H](O)c1ccccc1. The van der Waals surface area contributed by atoms with E-state index in [4.69, 9.17) is 4.42 Å². The zero-order valence-corrected chi connectivity index (χ0v) is 34.8. The molecule has 2 aliphatic heterocycles. The summed E-state index contributed by atoms with van der Waals surface area (Å²) in [6.45, 7) is 0.848. The number of carbonyl (C=O) groups excluding carboxylic acids is 4. The Bertz CT molecular complexity index is 2120. The molecule has 0 aliphatic carbocycles. The van der Waals surface area contributed by atoms with Crippen LogP contribution in [0.4, 0.5) is 11.4 Å². The summed E-state index contributed by atoms with van der Waals surface area (Å²) in [7, 11) is 6.98. The van der Waals surface area contributed by atoms with Gasteiger partial charge >= 0.3 is 0 Å². The van der Waals surface area contributed by atoms with E-state index in [0.29, 0.717) is 78.5 Å². The van der Waals surface area contributed by atoms with Crippen LogP contribution in [0, 0.1) is 0 Å². The Labute approximate surface area is 355 Å². The van der Waals surface area contributed by atoms with Gasteiger partial charge in [-0.15, -0.1) is 0 Å². The third-order valence-corrected chi connectivity index (χ3v) is 11.5. The van der Waals surface area contributed by atoms with E-state index in [1.807, 2.05) is 48.5 Å². The van der Waals surface area contributed by atoms with E-state index < -0.39 is 36.4 Å². The summed E-state index contributed by atoms with van der Waals surface area (Å²) >= 11 is 0. The lowest BCUT2D eigenvalue weighted by atomic mass is 10.00. The second-order valence-corrected chi connectivity index (χ2v) is 16.1. The molecule has 6 atom stereocenters.